The summed E-state index contributed by atoms with van der Waals surface area (Å²) in [6.07, 6.45) is 11.5. The largest absolute Gasteiger partial charge is 0.456 e. The summed E-state index contributed by atoms with van der Waals surface area (Å²) in [5.41, 5.74) is 1.82. The van der Waals surface area contributed by atoms with Crippen LogP contribution in [0.15, 0.2) is 146 Å². The van der Waals surface area contributed by atoms with E-state index in [0.717, 1.165) is 29.3 Å². The first kappa shape index (κ1) is 40.1. The maximum Gasteiger partial charge on any atom is 0.244 e. The van der Waals surface area contributed by atoms with E-state index in [2.05, 4.69) is 20.6 Å². The van der Waals surface area contributed by atoms with Gasteiger partial charge in [0.05, 0.1) is 24.5 Å². The van der Waals surface area contributed by atoms with Gasteiger partial charge in [-0.3, -0.25) is 19.6 Å². The van der Waals surface area contributed by atoms with E-state index in [-0.39, 0.29) is 23.2 Å². The minimum absolute atomic E-state index is 0.00895. The van der Waals surface area contributed by atoms with Crippen LogP contribution in [0.3, 0.4) is 0 Å². The second-order valence-electron chi connectivity index (χ2n) is 12.2. The quantitative estimate of drug-likeness (QED) is 0.0951. The molecule has 0 radical (unpaired) electrons. The molecule has 0 fully saturated rings. The van der Waals surface area contributed by atoms with Gasteiger partial charge in [-0.1, -0.05) is 36.4 Å². The van der Waals surface area contributed by atoms with Gasteiger partial charge in [0.1, 0.15) is 34.6 Å². The van der Waals surface area contributed by atoms with Crippen LogP contribution in [-0.4, -0.2) is 21.8 Å². The van der Waals surface area contributed by atoms with E-state index in [1.54, 1.807) is 55.1 Å². The van der Waals surface area contributed by atoms with Crippen molar-refractivity contribution < 1.29 is 36.6 Å². The Hall–Kier alpha value is -7.08. The predicted molar refractivity (Wildman–Crippen MR) is 205 cm³/mol. The number of hydrogen-bond acceptors (Lipinski definition) is 6. The van der Waals surface area contributed by atoms with E-state index in [1.165, 1.54) is 42.5 Å². The molecule has 6 aromatic rings. The average Bonchev–Trinajstić information content (AvgIpc) is 3.19. The smallest absolute Gasteiger partial charge is 0.244 e. The van der Waals surface area contributed by atoms with Gasteiger partial charge in [-0.25, -0.2) is 17.6 Å². The van der Waals surface area contributed by atoms with Gasteiger partial charge in [-0.05, 0) is 104 Å². The zero-order chi connectivity index (χ0) is 39.9. The second-order valence-corrected chi connectivity index (χ2v) is 12.2. The number of benzene rings is 4. The highest BCUT2D eigenvalue weighted by Crippen LogP contribution is 2.25. The summed E-state index contributed by atoms with van der Waals surface area (Å²) >= 11 is 0. The van der Waals surface area contributed by atoms with Crippen LogP contribution in [0.2, 0.25) is 0 Å². The van der Waals surface area contributed by atoms with Crippen LogP contribution in [0.4, 0.5) is 17.6 Å². The Morgan fingerprint density at radius 2 is 1.07 bits per heavy atom. The van der Waals surface area contributed by atoms with Crippen molar-refractivity contribution in [2.45, 2.75) is 25.9 Å². The molecule has 0 unspecified atom stereocenters. The molecule has 4 aromatic carbocycles. The van der Waals surface area contributed by atoms with Gasteiger partial charge in [-0.15, -0.1) is 0 Å². The molecule has 0 aliphatic carbocycles. The lowest BCUT2D eigenvalue weighted by atomic mass is 10.1. The van der Waals surface area contributed by atoms with Crippen molar-refractivity contribution in [3.8, 4) is 23.0 Å². The normalized spacial score (nSPS) is 12.0. The molecule has 0 bridgehead atoms. The Kier molecular flexibility index (Phi) is 14.2. The molecule has 2 aromatic heterocycles. The number of pyridine rings is 2. The number of nitrogens with zero attached hydrogens (tertiary/aromatic N) is 2. The SMILES string of the molecule is C[C@H](NC(=O)C=Cc1ccc(F)cc1F)c1cccc(Oc2cccnc2)c1.C[C@H](NC(=O)C=Cc1cccc(F)c1F)c1cccc(Oc2cccnc2)c1. The zero-order valence-corrected chi connectivity index (χ0v) is 30.2. The second kappa shape index (κ2) is 19.8. The number of nitrogens with one attached hydrogen (secondary N) is 2. The van der Waals surface area contributed by atoms with Crippen molar-refractivity contribution in [1.82, 2.24) is 20.6 Å². The molecule has 2 heterocycles. The van der Waals surface area contributed by atoms with Crippen LogP contribution in [-0.2, 0) is 9.59 Å². The number of halogens is 4. The van der Waals surface area contributed by atoms with Crippen LogP contribution in [0.5, 0.6) is 23.0 Å². The van der Waals surface area contributed by atoms with E-state index in [4.69, 9.17) is 9.47 Å². The molecule has 2 atom stereocenters. The van der Waals surface area contributed by atoms with Crippen molar-refractivity contribution in [3.63, 3.8) is 0 Å². The third-order valence-corrected chi connectivity index (χ3v) is 7.95. The van der Waals surface area contributed by atoms with Crippen LogP contribution >= 0.6 is 0 Å². The standard InChI is InChI=1S/2C22H18F2N2O2/c1-15(26-21(27)11-10-16-5-3-9-20(23)22(16)24)17-6-2-7-18(13-17)28-19-8-4-12-25-14-19;1-15(26-22(27)10-8-16-7-9-18(23)13-21(16)24)17-4-2-5-19(12-17)28-20-6-3-11-25-14-20/h2*2-15H,1H3,(H,26,27)/t2*15-/m00/s1. The lowest BCUT2D eigenvalue weighted by molar-refractivity contribution is -0.117. The van der Waals surface area contributed by atoms with E-state index in [9.17, 15) is 27.2 Å². The fourth-order valence-electron chi connectivity index (χ4n) is 5.09. The number of rotatable bonds is 12. The van der Waals surface area contributed by atoms with Gasteiger partial charge in [0, 0.05) is 41.7 Å². The highest BCUT2D eigenvalue weighted by atomic mass is 19.2. The van der Waals surface area contributed by atoms with Crippen LogP contribution < -0.4 is 20.1 Å². The maximum absolute atomic E-state index is 13.6. The Morgan fingerprint density at radius 1 is 0.571 bits per heavy atom. The Morgan fingerprint density at radius 3 is 1.57 bits per heavy atom. The topological polar surface area (TPSA) is 102 Å². The highest BCUT2D eigenvalue weighted by Gasteiger charge is 2.12. The highest BCUT2D eigenvalue weighted by molar-refractivity contribution is 5.92. The number of carbonyl (C=O) groups is 2. The lowest BCUT2D eigenvalue weighted by Gasteiger charge is -2.14. The fourth-order valence-corrected chi connectivity index (χ4v) is 5.09. The minimum Gasteiger partial charge on any atom is -0.456 e. The molecule has 284 valence electrons. The molecular weight excluding hydrogens is 724 g/mol. The summed E-state index contributed by atoms with van der Waals surface area (Å²) in [4.78, 5) is 32.2. The lowest BCUT2D eigenvalue weighted by Crippen LogP contribution is -2.24. The summed E-state index contributed by atoms with van der Waals surface area (Å²) in [5.74, 6) is -1.69. The van der Waals surface area contributed by atoms with E-state index >= 15 is 0 Å². The van der Waals surface area contributed by atoms with Crippen molar-refractivity contribution in [2.24, 2.45) is 0 Å². The van der Waals surface area contributed by atoms with Crippen molar-refractivity contribution in [1.29, 1.82) is 0 Å². The number of carbonyl (C=O) groups excluding carboxylic acids is 2. The van der Waals surface area contributed by atoms with Gasteiger partial charge in [0.15, 0.2) is 11.6 Å². The number of hydrogen-bond donors (Lipinski definition) is 2. The average molecular weight is 761 g/mol. The number of aromatic nitrogens is 2. The molecule has 8 nitrogen and oxygen atoms in total. The molecule has 6 rings (SSSR count). The van der Waals surface area contributed by atoms with Gasteiger partial charge in [-0.2, -0.15) is 0 Å². The van der Waals surface area contributed by atoms with Crippen LogP contribution in [0.25, 0.3) is 12.2 Å². The van der Waals surface area contributed by atoms with E-state index in [1.807, 2.05) is 56.3 Å². The molecule has 0 aliphatic heterocycles. The first-order valence-corrected chi connectivity index (χ1v) is 17.3. The summed E-state index contributed by atoms with van der Waals surface area (Å²) in [7, 11) is 0. The first-order valence-electron chi connectivity index (χ1n) is 17.3. The van der Waals surface area contributed by atoms with Crippen molar-refractivity contribution in [3.05, 3.63) is 192 Å². The Bertz CT molecular complexity index is 2310. The molecule has 2 amide bonds. The monoisotopic (exact) mass is 760 g/mol. The third kappa shape index (κ3) is 12.2. The molecule has 56 heavy (non-hydrogen) atoms. The number of amides is 2. The molecule has 0 spiro atoms. The maximum atomic E-state index is 13.6. The van der Waals surface area contributed by atoms with E-state index < -0.39 is 35.1 Å². The molecule has 0 saturated heterocycles. The molecular formula is C44H36F4N4O4. The van der Waals surface area contributed by atoms with E-state index in [0.29, 0.717) is 23.0 Å². The first-order chi connectivity index (χ1) is 27.0. The Labute approximate surface area is 321 Å². The van der Waals surface area contributed by atoms with Gasteiger partial charge in [0.25, 0.3) is 0 Å². The Balaban J connectivity index is 0.000000214. The third-order valence-electron chi connectivity index (χ3n) is 7.95. The molecule has 2 N–H and O–H groups in total. The molecule has 0 saturated carbocycles. The van der Waals surface area contributed by atoms with Gasteiger partial charge < -0.3 is 20.1 Å². The summed E-state index contributed by atoms with van der Waals surface area (Å²) in [5, 5.41) is 5.58. The number of ether oxygens (including phenoxy) is 2. The van der Waals surface area contributed by atoms with Crippen molar-refractivity contribution >= 4 is 24.0 Å². The minimum atomic E-state index is -0.986. The summed E-state index contributed by atoms with van der Waals surface area (Å²) in [6.45, 7) is 3.64. The van der Waals surface area contributed by atoms with Gasteiger partial charge >= 0.3 is 0 Å². The molecule has 0 aliphatic rings. The zero-order valence-electron chi connectivity index (χ0n) is 30.2. The fraction of sp³-hybridized carbons (Fsp3) is 0.0909. The van der Waals surface area contributed by atoms with Crippen molar-refractivity contribution in [2.75, 3.05) is 0 Å². The summed E-state index contributed by atoms with van der Waals surface area (Å²) < 4.78 is 64.8. The summed E-state index contributed by atoms with van der Waals surface area (Å²) in [6, 6.07) is 28.1. The van der Waals surface area contributed by atoms with Crippen LogP contribution in [0.1, 0.15) is 48.2 Å². The van der Waals surface area contributed by atoms with Gasteiger partial charge in [0.2, 0.25) is 11.8 Å². The predicted octanol–water partition coefficient (Wildman–Crippen LogP) is 10.1. The molecule has 12 heteroatoms. The van der Waals surface area contributed by atoms with Crippen LogP contribution in [0, 0.1) is 23.3 Å².